The number of halogens is 1. The van der Waals surface area contributed by atoms with Crippen molar-refractivity contribution in [3.05, 3.63) is 28.8 Å². The van der Waals surface area contributed by atoms with Crippen molar-refractivity contribution in [1.82, 2.24) is 5.32 Å². The Labute approximate surface area is 116 Å². The predicted molar refractivity (Wildman–Crippen MR) is 71.0 cm³/mol. The molecule has 1 heterocycles. The van der Waals surface area contributed by atoms with Crippen LogP contribution in [0.4, 0.5) is 0 Å². The molecule has 1 aromatic carbocycles. The largest absolute Gasteiger partial charge is 0.481 e. The summed E-state index contributed by atoms with van der Waals surface area (Å²) in [5, 5.41) is 12.4. The molecule has 0 aromatic heterocycles. The van der Waals surface area contributed by atoms with Gasteiger partial charge < -0.3 is 10.4 Å². The second-order valence-electron chi connectivity index (χ2n) is 4.66. The van der Waals surface area contributed by atoms with E-state index in [0.29, 0.717) is 23.6 Å². The molecule has 1 aliphatic heterocycles. The molecule has 5 nitrogen and oxygen atoms in total. The van der Waals surface area contributed by atoms with Crippen LogP contribution in [-0.4, -0.2) is 32.3 Å². The second kappa shape index (κ2) is 5.11. The van der Waals surface area contributed by atoms with Gasteiger partial charge in [-0.15, -0.1) is 0 Å². The van der Waals surface area contributed by atoms with Gasteiger partial charge in [0.25, 0.3) is 0 Å². The minimum atomic E-state index is -3.40. The van der Waals surface area contributed by atoms with Gasteiger partial charge in [-0.05, 0) is 18.6 Å². The van der Waals surface area contributed by atoms with E-state index in [-0.39, 0.29) is 10.9 Å². The van der Waals surface area contributed by atoms with E-state index in [4.69, 9.17) is 16.7 Å². The zero-order valence-corrected chi connectivity index (χ0v) is 11.8. The third-order valence-corrected chi connectivity index (χ3v) is 4.73. The Balaban J connectivity index is 2.44. The molecule has 0 spiro atoms. The Morgan fingerprint density at radius 1 is 1.47 bits per heavy atom. The summed E-state index contributed by atoms with van der Waals surface area (Å²) >= 11 is 6.09. The summed E-state index contributed by atoms with van der Waals surface area (Å²) in [5.74, 6) is -1.41. The van der Waals surface area contributed by atoms with E-state index in [2.05, 4.69) is 5.32 Å². The number of carboxylic acids is 1. The molecule has 1 fully saturated rings. The first-order valence-corrected chi connectivity index (χ1v) is 8.02. The van der Waals surface area contributed by atoms with Crippen LogP contribution in [0.1, 0.15) is 18.0 Å². The molecule has 19 heavy (non-hydrogen) atoms. The van der Waals surface area contributed by atoms with E-state index in [1.54, 1.807) is 12.1 Å². The van der Waals surface area contributed by atoms with E-state index >= 15 is 0 Å². The fraction of sp³-hybridized carbons (Fsp3) is 0.417. The van der Waals surface area contributed by atoms with Crippen LogP contribution in [0.5, 0.6) is 0 Å². The third kappa shape index (κ3) is 2.91. The highest BCUT2D eigenvalue weighted by Gasteiger charge is 2.33. The maximum absolute atomic E-state index is 11.8. The first-order chi connectivity index (χ1) is 8.80. The van der Waals surface area contributed by atoms with E-state index in [1.807, 2.05) is 0 Å². The molecule has 2 rings (SSSR count). The summed E-state index contributed by atoms with van der Waals surface area (Å²) in [6.45, 7) is 0.314. The fourth-order valence-corrected chi connectivity index (χ4v) is 3.66. The van der Waals surface area contributed by atoms with Gasteiger partial charge in [-0.1, -0.05) is 17.7 Å². The lowest BCUT2D eigenvalue weighted by Gasteiger charge is -2.16. The molecule has 0 bridgehead atoms. The first kappa shape index (κ1) is 14.3. The maximum Gasteiger partial charge on any atom is 0.307 e. The molecule has 0 saturated carbocycles. The molecular weight excluding hydrogens is 290 g/mol. The standard InChI is InChI=1S/C12H14ClNO4S/c1-19(17,18)10-4-2-3-8(13)11(10)9-5-7(6-14-9)12(15)16/h2-4,7,9,14H,5-6H2,1H3,(H,15,16). The van der Waals surface area contributed by atoms with E-state index in [9.17, 15) is 13.2 Å². The Hall–Kier alpha value is -1.11. The van der Waals surface area contributed by atoms with Crippen molar-refractivity contribution >= 4 is 27.4 Å². The Bertz CT molecular complexity index is 614. The first-order valence-electron chi connectivity index (χ1n) is 5.75. The van der Waals surface area contributed by atoms with E-state index in [1.165, 1.54) is 6.07 Å². The highest BCUT2D eigenvalue weighted by atomic mass is 35.5. The average molecular weight is 304 g/mol. The number of hydrogen-bond donors (Lipinski definition) is 2. The minimum Gasteiger partial charge on any atom is -0.481 e. The summed E-state index contributed by atoms with van der Waals surface area (Å²) < 4.78 is 23.6. The van der Waals surface area contributed by atoms with Crippen LogP contribution in [0.3, 0.4) is 0 Å². The van der Waals surface area contributed by atoms with Crippen molar-refractivity contribution in [2.45, 2.75) is 17.4 Å². The molecule has 104 valence electrons. The zero-order chi connectivity index (χ0) is 14.2. The SMILES string of the molecule is CS(=O)(=O)c1cccc(Cl)c1C1CC(C(=O)O)CN1. The van der Waals surface area contributed by atoms with Gasteiger partial charge in [0.15, 0.2) is 9.84 Å². The number of rotatable bonds is 3. The van der Waals surface area contributed by atoms with Crippen LogP contribution in [-0.2, 0) is 14.6 Å². The Morgan fingerprint density at radius 2 is 2.16 bits per heavy atom. The fourth-order valence-electron chi connectivity index (χ4n) is 2.32. The molecule has 0 amide bonds. The zero-order valence-electron chi connectivity index (χ0n) is 10.3. The van der Waals surface area contributed by atoms with Crippen molar-refractivity contribution in [3.63, 3.8) is 0 Å². The molecule has 7 heteroatoms. The van der Waals surface area contributed by atoms with Gasteiger partial charge in [0.2, 0.25) is 0 Å². The van der Waals surface area contributed by atoms with Crippen LogP contribution in [0.2, 0.25) is 5.02 Å². The van der Waals surface area contributed by atoms with Gasteiger partial charge in [0.1, 0.15) is 0 Å². The van der Waals surface area contributed by atoms with Gasteiger partial charge in [0, 0.05) is 29.4 Å². The summed E-state index contributed by atoms with van der Waals surface area (Å²) in [5.41, 5.74) is 0.468. The highest BCUT2D eigenvalue weighted by molar-refractivity contribution is 7.90. The van der Waals surface area contributed by atoms with Crippen molar-refractivity contribution in [2.75, 3.05) is 12.8 Å². The molecule has 1 aliphatic rings. The molecule has 1 aromatic rings. The molecule has 2 unspecified atom stereocenters. The van der Waals surface area contributed by atoms with Gasteiger partial charge in [0.05, 0.1) is 10.8 Å². The number of benzene rings is 1. The summed E-state index contributed by atoms with van der Waals surface area (Å²) in [6, 6.07) is 4.33. The maximum atomic E-state index is 11.8. The lowest BCUT2D eigenvalue weighted by atomic mass is 10.00. The van der Waals surface area contributed by atoms with Crippen molar-refractivity contribution in [1.29, 1.82) is 0 Å². The average Bonchev–Trinajstić information content (AvgIpc) is 2.76. The van der Waals surface area contributed by atoms with Crippen LogP contribution in [0.15, 0.2) is 23.1 Å². The van der Waals surface area contributed by atoms with Crippen LogP contribution in [0, 0.1) is 5.92 Å². The topological polar surface area (TPSA) is 83.5 Å². The van der Waals surface area contributed by atoms with Crippen molar-refractivity contribution < 1.29 is 18.3 Å². The predicted octanol–water partition coefficient (Wildman–Crippen LogP) is 1.48. The minimum absolute atomic E-state index is 0.156. The number of sulfone groups is 1. The molecular formula is C12H14ClNO4S. The summed E-state index contributed by atoms with van der Waals surface area (Å²) in [4.78, 5) is 11.1. The number of hydrogen-bond acceptors (Lipinski definition) is 4. The highest BCUT2D eigenvalue weighted by Crippen LogP contribution is 2.36. The number of nitrogens with one attached hydrogen (secondary N) is 1. The van der Waals surface area contributed by atoms with Gasteiger partial charge in [-0.25, -0.2) is 8.42 Å². The van der Waals surface area contributed by atoms with Crippen molar-refractivity contribution in [2.24, 2.45) is 5.92 Å². The quantitative estimate of drug-likeness (QED) is 0.883. The monoisotopic (exact) mass is 303 g/mol. The molecule has 2 atom stereocenters. The van der Waals surface area contributed by atoms with Gasteiger partial charge >= 0.3 is 5.97 Å². The number of carbonyl (C=O) groups is 1. The van der Waals surface area contributed by atoms with Gasteiger partial charge in [-0.3, -0.25) is 4.79 Å². The molecule has 1 saturated heterocycles. The molecule has 0 aliphatic carbocycles. The molecule has 2 N–H and O–H groups in total. The van der Waals surface area contributed by atoms with Crippen LogP contribution in [0.25, 0.3) is 0 Å². The second-order valence-corrected chi connectivity index (χ2v) is 7.05. The van der Waals surface area contributed by atoms with Crippen LogP contribution >= 0.6 is 11.6 Å². The van der Waals surface area contributed by atoms with Crippen LogP contribution < -0.4 is 5.32 Å². The van der Waals surface area contributed by atoms with E-state index in [0.717, 1.165) is 6.26 Å². The summed E-state index contributed by atoms with van der Waals surface area (Å²) in [6.07, 6.45) is 1.45. The Morgan fingerprint density at radius 3 is 2.68 bits per heavy atom. The van der Waals surface area contributed by atoms with E-state index < -0.39 is 21.7 Å². The summed E-state index contributed by atoms with van der Waals surface area (Å²) in [7, 11) is -3.40. The third-order valence-electron chi connectivity index (χ3n) is 3.24. The number of carboxylic acid groups (broad SMARTS) is 1. The number of aliphatic carboxylic acids is 1. The Kier molecular flexibility index (Phi) is 3.85. The van der Waals surface area contributed by atoms with Gasteiger partial charge in [-0.2, -0.15) is 0 Å². The lowest BCUT2D eigenvalue weighted by molar-refractivity contribution is -0.141. The molecule has 0 radical (unpaired) electrons. The normalized spacial score (nSPS) is 23.5. The smallest absolute Gasteiger partial charge is 0.307 e. The lowest BCUT2D eigenvalue weighted by Crippen LogP contribution is -2.18. The van der Waals surface area contributed by atoms with Crippen molar-refractivity contribution in [3.8, 4) is 0 Å².